The van der Waals surface area contributed by atoms with Crippen LogP contribution in [0.25, 0.3) is 22.6 Å². The summed E-state index contributed by atoms with van der Waals surface area (Å²) in [6.07, 6.45) is 3.23. The van der Waals surface area contributed by atoms with Crippen molar-refractivity contribution in [2.75, 3.05) is 0 Å². The van der Waals surface area contributed by atoms with Crippen molar-refractivity contribution in [1.82, 2.24) is 24.1 Å². The summed E-state index contributed by atoms with van der Waals surface area (Å²) < 4.78 is 16.5. The van der Waals surface area contributed by atoms with Gasteiger partial charge < -0.3 is 4.98 Å². The first kappa shape index (κ1) is 14.6. The maximum Gasteiger partial charge on any atom is 0.330 e. The van der Waals surface area contributed by atoms with E-state index in [2.05, 4.69) is 15.1 Å². The summed E-state index contributed by atoms with van der Waals surface area (Å²) >= 11 is 5.86. The van der Waals surface area contributed by atoms with Crippen molar-refractivity contribution < 1.29 is 4.39 Å². The van der Waals surface area contributed by atoms with E-state index in [-0.39, 0.29) is 10.7 Å². The number of imidazole rings is 1. The van der Waals surface area contributed by atoms with E-state index in [0.717, 1.165) is 5.56 Å². The number of hydrogen-bond donors (Lipinski definition) is 1. The highest BCUT2D eigenvalue weighted by Crippen LogP contribution is 2.26. The van der Waals surface area contributed by atoms with Gasteiger partial charge in [-0.05, 0) is 37.3 Å². The Hall–Kier alpha value is -2.93. The van der Waals surface area contributed by atoms with Crippen molar-refractivity contribution in [3.8, 4) is 16.9 Å². The lowest BCUT2D eigenvalue weighted by Gasteiger charge is -2.09. The number of nitrogens with zero attached hydrogens (tertiary/aromatic N) is 4. The van der Waals surface area contributed by atoms with Crippen molar-refractivity contribution in [3.05, 3.63) is 69.9 Å². The maximum absolute atomic E-state index is 13.4. The molecule has 3 heterocycles. The number of hydrogen-bond acceptors (Lipinski definition) is 3. The molecular formula is C16H11ClFN5O. The zero-order chi connectivity index (χ0) is 16.8. The Kier molecular flexibility index (Phi) is 3.24. The average Bonchev–Trinajstić information content (AvgIpc) is 3.13. The summed E-state index contributed by atoms with van der Waals surface area (Å²) in [4.78, 5) is 19.3. The van der Waals surface area contributed by atoms with E-state index < -0.39 is 5.82 Å². The second-order valence-electron chi connectivity index (χ2n) is 5.32. The van der Waals surface area contributed by atoms with Crippen LogP contribution in [0, 0.1) is 12.7 Å². The Morgan fingerprint density at radius 1 is 1.25 bits per heavy atom. The number of aryl methyl sites for hydroxylation is 1. The minimum atomic E-state index is -0.536. The highest BCUT2D eigenvalue weighted by molar-refractivity contribution is 6.30. The first-order valence-electron chi connectivity index (χ1n) is 7.11. The molecule has 6 nitrogen and oxygen atoms in total. The minimum Gasteiger partial charge on any atom is -0.309 e. The third-order valence-electron chi connectivity index (χ3n) is 3.79. The molecule has 8 heteroatoms. The SMILES string of the molecule is Cc1[nH]c(=O)n(-c2ccc(F)c(Cl)c2)c1-c1ccc2ncnn2c1. The van der Waals surface area contributed by atoms with Crippen molar-refractivity contribution in [1.29, 1.82) is 0 Å². The second kappa shape index (κ2) is 5.31. The molecule has 0 aliphatic rings. The topological polar surface area (TPSA) is 68.0 Å². The second-order valence-corrected chi connectivity index (χ2v) is 5.73. The van der Waals surface area contributed by atoms with E-state index in [1.165, 1.54) is 29.1 Å². The van der Waals surface area contributed by atoms with Gasteiger partial charge in [-0.3, -0.25) is 4.57 Å². The summed E-state index contributed by atoms with van der Waals surface area (Å²) in [7, 11) is 0. The monoisotopic (exact) mass is 343 g/mol. The van der Waals surface area contributed by atoms with Crippen LogP contribution in [0.5, 0.6) is 0 Å². The van der Waals surface area contributed by atoms with Crippen LogP contribution in [0.3, 0.4) is 0 Å². The van der Waals surface area contributed by atoms with Gasteiger partial charge in [-0.1, -0.05) is 11.6 Å². The third-order valence-corrected chi connectivity index (χ3v) is 4.07. The smallest absolute Gasteiger partial charge is 0.309 e. The quantitative estimate of drug-likeness (QED) is 0.608. The number of pyridine rings is 1. The molecular weight excluding hydrogens is 333 g/mol. The highest BCUT2D eigenvalue weighted by atomic mass is 35.5. The lowest BCUT2D eigenvalue weighted by Crippen LogP contribution is -2.15. The zero-order valence-corrected chi connectivity index (χ0v) is 13.3. The number of nitrogens with one attached hydrogen (secondary N) is 1. The lowest BCUT2D eigenvalue weighted by molar-refractivity contribution is 0.627. The molecule has 0 saturated carbocycles. The van der Waals surface area contributed by atoms with E-state index >= 15 is 0 Å². The summed E-state index contributed by atoms with van der Waals surface area (Å²) in [5.74, 6) is -0.536. The predicted molar refractivity (Wildman–Crippen MR) is 88.1 cm³/mol. The molecule has 0 bridgehead atoms. The fraction of sp³-hybridized carbons (Fsp3) is 0.0625. The molecule has 0 unspecified atom stereocenters. The average molecular weight is 344 g/mol. The van der Waals surface area contributed by atoms with E-state index in [1.54, 1.807) is 23.7 Å². The summed E-state index contributed by atoms with van der Waals surface area (Å²) in [6, 6.07) is 7.82. The number of aromatic nitrogens is 5. The summed E-state index contributed by atoms with van der Waals surface area (Å²) in [5.41, 5.74) is 2.95. The van der Waals surface area contributed by atoms with Gasteiger partial charge in [0.2, 0.25) is 0 Å². The molecule has 0 saturated heterocycles. The molecule has 0 aliphatic heterocycles. The summed E-state index contributed by atoms with van der Waals surface area (Å²) in [6.45, 7) is 1.80. The van der Waals surface area contributed by atoms with Gasteiger partial charge in [0, 0.05) is 17.5 Å². The van der Waals surface area contributed by atoms with Crippen LogP contribution in [0.15, 0.2) is 47.7 Å². The molecule has 0 fully saturated rings. The number of aromatic amines is 1. The molecule has 0 aliphatic carbocycles. The largest absolute Gasteiger partial charge is 0.330 e. The number of rotatable bonds is 2. The van der Waals surface area contributed by atoms with Gasteiger partial charge in [0.25, 0.3) is 0 Å². The highest BCUT2D eigenvalue weighted by Gasteiger charge is 2.16. The Bertz CT molecular complexity index is 1130. The van der Waals surface area contributed by atoms with Gasteiger partial charge in [0.1, 0.15) is 12.1 Å². The molecule has 3 aromatic heterocycles. The number of halogens is 2. The van der Waals surface area contributed by atoms with Gasteiger partial charge in [-0.25, -0.2) is 18.7 Å². The molecule has 120 valence electrons. The molecule has 0 atom stereocenters. The van der Waals surface area contributed by atoms with Crippen LogP contribution >= 0.6 is 11.6 Å². The third kappa shape index (κ3) is 2.21. The maximum atomic E-state index is 13.4. The molecule has 0 amide bonds. The van der Waals surface area contributed by atoms with Crippen molar-refractivity contribution in [2.45, 2.75) is 6.92 Å². The molecule has 24 heavy (non-hydrogen) atoms. The standard InChI is InChI=1S/C16H11ClFN5O/c1-9-15(10-2-5-14-19-8-20-22(14)7-10)23(16(24)21-9)11-3-4-13(18)12(17)6-11/h2-8H,1H3,(H,21,24). The van der Waals surface area contributed by atoms with Crippen LogP contribution in [0.4, 0.5) is 4.39 Å². The van der Waals surface area contributed by atoms with E-state index in [9.17, 15) is 9.18 Å². The molecule has 0 radical (unpaired) electrons. The number of fused-ring (bicyclic) bond motifs is 1. The normalized spacial score (nSPS) is 11.3. The van der Waals surface area contributed by atoms with Gasteiger partial charge in [-0.15, -0.1) is 0 Å². The van der Waals surface area contributed by atoms with Crippen LogP contribution in [0.2, 0.25) is 5.02 Å². The Morgan fingerprint density at radius 3 is 2.88 bits per heavy atom. The van der Waals surface area contributed by atoms with Gasteiger partial charge >= 0.3 is 5.69 Å². The van der Waals surface area contributed by atoms with Crippen LogP contribution in [-0.4, -0.2) is 24.1 Å². The van der Waals surface area contributed by atoms with Crippen LogP contribution in [0.1, 0.15) is 5.69 Å². The summed E-state index contributed by atoms with van der Waals surface area (Å²) in [5, 5.41) is 4.06. The number of H-pyrrole nitrogens is 1. The van der Waals surface area contributed by atoms with Gasteiger partial charge in [0.15, 0.2) is 5.65 Å². The van der Waals surface area contributed by atoms with Gasteiger partial charge in [-0.2, -0.15) is 5.10 Å². The predicted octanol–water partition coefficient (Wildman–Crippen LogP) is 2.98. The fourth-order valence-corrected chi connectivity index (χ4v) is 2.89. The van der Waals surface area contributed by atoms with Crippen LogP contribution < -0.4 is 5.69 Å². The van der Waals surface area contributed by atoms with E-state index in [4.69, 9.17) is 11.6 Å². The number of benzene rings is 1. The first-order valence-corrected chi connectivity index (χ1v) is 7.49. The molecule has 1 aromatic carbocycles. The molecule has 1 N–H and O–H groups in total. The molecule has 0 spiro atoms. The van der Waals surface area contributed by atoms with Crippen LogP contribution in [-0.2, 0) is 0 Å². The van der Waals surface area contributed by atoms with E-state index in [0.29, 0.717) is 22.7 Å². The molecule has 4 rings (SSSR count). The van der Waals surface area contributed by atoms with Crippen molar-refractivity contribution in [2.24, 2.45) is 0 Å². The van der Waals surface area contributed by atoms with Crippen molar-refractivity contribution >= 4 is 17.2 Å². The zero-order valence-electron chi connectivity index (χ0n) is 12.5. The Labute approximate surface area is 140 Å². The van der Waals surface area contributed by atoms with Gasteiger partial charge in [0.05, 0.1) is 16.4 Å². The first-order chi connectivity index (χ1) is 11.5. The Morgan fingerprint density at radius 2 is 2.08 bits per heavy atom. The Balaban J connectivity index is 1.98. The lowest BCUT2D eigenvalue weighted by atomic mass is 10.1. The minimum absolute atomic E-state index is 0.0454. The van der Waals surface area contributed by atoms with E-state index in [1.807, 2.05) is 6.07 Å². The molecule has 4 aromatic rings. The van der Waals surface area contributed by atoms with Crippen molar-refractivity contribution in [3.63, 3.8) is 0 Å². The fourth-order valence-electron chi connectivity index (χ4n) is 2.72.